The van der Waals surface area contributed by atoms with Gasteiger partial charge in [0.15, 0.2) is 17.7 Å². The summed E-state index contributed by atoms with van der Waals surface area (Å²) in [7, 11) is 0. The van der Waals surface area contributed by atoms with E-state index in [0.717, 1.165) is 0 Å². The number of nitrogens with zero attached hydrogens (tertiary/aromatic N) is 1. The van der Waals surface area contributed by atoms with Gasteiger partial charge in [-0.1, -0.05) is 12.1 Å². The number of carbonyl (C=O) groups is 2. The van der Waals surface area contributed by atoms with Crippen molar-refractivity contribution >= 4 is 17.5 Å². The quantitative estimate of drug-likeness (QED) is 0.627. The van der Waals surface area contributed by atoms with Gasteiger partial charge < -0.3 is 4.74 Å². The molecule has 9 heteroatoms. The zero-order chi connectivity index (χ0) is 19.3. The van der Waals surface area contributed by atoms with Crippen molar-refractivity contribution in [3.63, 3.8) is 0 Å². The maximum Gasteiger partial charge on any atom is 0.279 e. The highest BCUT2D eigenvalue weighted by Gasteiger charge is 2.18. The lowest BCUT2D eigenvalue weighted by atomic mass is 10.1. The summed E-state index contributed by atoms with van der Waals surface area (Å²) in [6, 6.07) is 9.41. The lowest BCUT2D eigenvalue weighted by molar-refractivity contribution is -0.385. The minimum absolute atomic E-state index is 0.0903. The summed E-state index contributed by atoms with van der Waals surface area (Å²) in [6.07, 6.45) is -1.06. The molecule has 0 fully saturated rings. The summed E-state index contributed by atoms with van der Waals surface area (Å²) in [5.41, 5.74) is 4.66. The number of hydrazine groups is 1. The Morgan fingerprint density at radius 2 is 1.88 bits per heavy atom. The van der Waals surface area contributed by atoms with Gasteiger partial charge in [-0.25, -0.2) is 4.39 Å². The number of amides is 2. The van der Waals surface area contributed by atoms with Gasteiger partial charge in [-0.05, 0) is 38.1 Å². The minimum atomic E-state index is -1.06. The molecule has 0 saturated carbocycles. The number of halogens is 1. The molecular weight excluding hydrogens is 345 g/mol. The molecule has 0 aromatic heterocycles. The molecule has 0 heterocycles. The first-order chi connectivity index (χ1) is 12.3. The van der Waals surface area contributed by atoms with Gasteiger partial charge in [-0.3, -0.25) is 30.6 Å². The smallest absolute Gasteiger partial charge is 0.279 e. The SMILES string of the molecule is Cc1cc(C(=O)NNC(=O)[C@@H](C)Oc2ccccc2F)ccc1[N+](=O)[O-]. The first-order valence-electron chi connectivity index (χ1n) is 7.56. The van der Waals surface area contributed by atoms with E-state index < -0.39 is 28.7 Å². The summed E-state index contributed by atoms with van der Waals surface area (Å²) in [5, 5.41) is 10.8. The van der Waals surface area contributed by atoms with Gasteiger partial charge in [0.05, 0.1) is 4.92 Å². The van der Waals surface area contributed by atoms with Crippen molar-refractivity contribution in [1.29, 1.82) is 0 Å². The molecule has 0 aliphatic rings. The predicted molar refractivity (Wildman–Crippen MR) is 89.9 cm³/mol. The van der Waals surface area contributed by atoms with Crippen molar-refractivity contribution in [3.8, 4) is 5.75 Å². The Hall–Kier alpha value is -3.49. The molecule has 1 atom stereocenters. The standard InChI is InChI=1S/C17H16FN3O5/c1-10-9-12(7-8-14(10)21(24)25)17(23)20-19-16(22)11(2)26-15-6-4-3-5-13(15)18/h3-9,11H,1-2H3,(H,19,22)(H,20,23)/t11-/m1/s1. The van der Waals surface area contributed by atoms with E-state index in [1.54, 1.807) is 6.07 Å². The van der Waals surface area contributed by atoms with E-state index in [-0.39, 0.29) is 17.0 Å². The minimum Gasteiger partial charge on any atom is -0.478 e. The van der Waals surface area contributed by atoms with Gasteiger partial charge in [0.25, 0.3) is 17.5 Å². The third kappa shape index (κ3) is 4.53. The number of hydrogen-bond donors (Lipinski definition) is 2. The largest absolute Gasteiger partial charge is 0.478 e. The summed E-state index contributed by atoms with van der Waals surface area (Å²) >= 11 is 0. The van der Waals surface area contributed by atoms with Gasteiger partial charge in [-0.2, -0.15) is 0 Å². The van der Waals surface area contributed by atoms with Crippen LogP contribution >= 0.6 is 0 Å². The number of carbonyl (C=O) groups excluding carboxylic acids is 2. The zero-order valence-corrected chi connectivity index (χ0v) is 14.0. The fourth-order valence-electron chi connectivity index (χ4n) is 2.08. The molecule has 2 N–H and O–H groups in total. The third-order valence-corrected chi connectivity index (χ3v) is 3.46. The van der Waals surface area contributed by atoms with Crippen LogP contribution in [0.5, 0.6) is 5.75 Å². The molecule has 0 saturated heterocycles. The fraction of sp³-hybridized carbons (Fsp3) is 0.176. The number of nitro benzene ring substituents is 1. The van der Waals surface area contributed by atoms with Gasteiger partial charge >= 0.3 is 0 Å². The Bertz CT molecular complexity index is 856. The summed E-state index contributed by atoms with van der Waals surface area (Å²) in [5.74, 6) is -2.06. The normalized spacial score (nSPS) is 11.3. The lowest BCUT2D eigenvalue weighted by Gasteiger charge is -2.15. The summed E-state index contributed by atoms with van der Waals surface area (Å²) in [6.45, 7) is 2.89. The van der Waals surface area contributed by atoms with Crippen LogP contribution in [0.25, 0.3) is 0 Å². The Morgan fingerprint density at radius 1 is 1.19 bits per heavy atom. The Labute approximate surface area is 148 Å². The van der Waals surface area contributed by atoms with Crippen LogP contribution in [0.3, 0.4) is 0 Å². The molecule has 2 aromatic carbocycles. The number of benzene rings is 2. The monoisotopic (exact) mass is 361 g/mol. The van der Waals surface area contributed by atoms with Crippen LogP contribution in [-0.2, 0) is 4.79 Å². The zero-order valence-electron chi connectivity index (χ0n) is 14.0. The Balaban J connectivity index is 1.94. The maximum atomic E-state index is 13.5. The van der Waals surface area contributed by atoms with Gasteiger partial charge in [-0.15, -0.1) is 0 Å². The van der Waals surface area contributed by atoms with Crippen molar-refractivity contribution in [1.82, 2.24) is 10.9 Å². The average molecular weight is 361 g/mol. The average Bonchev–Trinajstić information content (AvgIpc) is 2.60. The second-order valence-electron chi connectivity index (χ2n) is 5.39. The Morgan fingerprint density at radius 3 is 2.50 bits per heavy atom. The van der Waals surface area contributed by atoms with Crippen LogP contribution in [0.15, 0.2) is 42.5 Å². The molecule has 0 aliphatic carbocycles. The van der Waals surface area contributed by atoms with Gasteiger partial charge in [0.2, 0.25) is 0 Å². The number of ether oxygens (including phenoxy) is 1. The highest BCUT2D eigenvalue weighted by atomic mass is 19.1. The first-order valence-corrected chi connectivity index (χ1v) is 7.56. The predicted octanol–water partition coefficient (Wildman–Crippen LogP) is 2.27. The van der Waals surface area contributed by atoms with Crippen molar-refractivity contribution in [2.24, 2.45) is 0 Å². The number of para-hydroxylation sites is 1. The fourth-order valence-corrected chi connectivity index (χ4v) is 2.08. The number of nitrogens with one attached hydrogen (secondary N) is 2. The van der Waals surface area contributed by atoms with Gasteiger partial charge in [0.1, 0.15) is 0 Å². The lowest BCUT2D eigenvalue weighted by Crippen LogP contribution is -2.47. The van der Waals surface area contributed by atoms with E-state index in [2.05, 4.69) is 10.9 Å². The van der Waals surface area contributed by atoms with Crippen LogP contribution in [0.1, 0.15) is 22.8 Å². The van der Waals surface area contributed by atoms with E-state index in [4.69, 9.17) is 4.74 Å². The van der Waals surface area contributed by atoms with E-state index >= 15 is 0 Å². The van der Waals surface area contributed by atoms with Gasteiger partial charge in [0, 0.05) is 17.2 Å². The van der Waals surface area contributed by atoms with E-state index in [9.17, 15) is 24.1 Å². The van der Waals surface area contributed by atoms with E-state index in [1.165, 1.54) is 50.2 Å². The molecule has 26 heavy (non-hydrogen) atoms. The summed E-state index contributed by atoms with van der Waals surface area (Å²) in [4.78, 5) is 34.2. The van der Waals surface area contributed by atoms with E-state index in [1.807, 2.05) is 0 Å². The van der Waals surface area contributed by atoms with Crippen LogP contribution in [0.4, 0.5) is 10.1 Å². The topological polar surface area (TPSA) is 111 Å². The number of hydrogen-bond acceptors (Lipinski definition) is 5. The highest BCUT2D eigenvalue weighted by molar-refractivity contribution is 5.96. The summed E-state index contributed by atoms with van der Waals surface area (Å²) < 4.78 is 18.7. The molecule has 2 amide bonds. The molecule has 2 rings (SSSR count). The van der Waals surface area contributed by atoms with Crippen molar-refractivity contribution in [2.45, 2.75) is 20.0 Å². The molecule has 0 radical (unpaired) electrons. The van der Waals surface area contributed by atoms with Crippen molar-refractivity contribution in [3.05, 3.63) is 69.5 Å². The number of rotatable bonds is 5. The molecule has 0 spiro atoms. The molecule has 0 aliphatic heterocycles. The third-order valence-electron chi connectivity index (χ3n) is 3.46. The van der Waals surface area contributed by atoms with Crippen LogP contribution in [0.2, 0.25) is 0 Å². The maximum absolute atomic E-state index is 13.5. The second-order valence-corrected chi connectivity index (χ2v) is 5.39. The Kier molecular flexibility index (Phi) is 5.84. The number of nitro groups is 1. The van der Waals surface area contributed by atoms with Crippen LogP contribution in [0, 0.1) is 22.9 Å². The first kappa shape index (κ1) is 18.8. The van der Waals surface area contributed by atoms with Crippen LogP contribution < -0.4 is 15.6 Å². The molecule has 8 nitrogen and oxygen atoms in total. The molecule has 0 unspecified atom stereocenters. The molecule has 2 aromatic rings. The molecular formula is C17H16FN3O5. The van der Waals surface area contributed by atoms with Crippen molar-refractivity contribution in [2.75, 3.05) is 0 Å². The van der Waals surface area contributed by atoms with Crippen LogP contribution in [-0.4, -0.2) is 22.8 Å². The van der Waals surface area contributed by atoms with Crippen molar-refractivity contribution < 1.29 is 23.6 Å². The molecule has 0 bridgehead atoms. The highest BCUT2D eigenvalue weighted by Crippen LogP contribution is 2.19. The number of aryl methyl sites for hydroxylation is 1. The molecule has 136 valence electrons. The van der Waals surface area contributed by atoms with E-state index in [0.29, 0.717) is 5.56 Å². The second kappa shape index (κ2) is 8.06.